The van der Waals surface area contributed by atoms with Gasteiger partial charge in [-0.3, -0.25) is 9.69 Å². The SMILES string of the molecule is C#CCN1CCC(C(=O)NC[C@@](C)(O)c2ccccc2Cl)CC1. The van der Waals surface area contributed by atoms with Crippen LogP contribution < -0.4 is 5.32 Å². The molecular formula is C18H23ClN2O2. The number of piperidine rings is 1. The molecule has 0 aromatic heterocycles. The van der Waals surface area contributed by atoms with Crippen LogP contribution in [-0.2, 0) is 10.4 Å². The number of aliphatic hydroxyl groups is 1. The number of hydrogen-bond acceptors (Lipinski definition) is 3. The van der Waals surface area contributed by atoms with Crippen LogP contribution in [0.4, 0.5) is 0 Å². The number of likely N-dealkylation sites (tertiary alicyclic amines) is 1. The van der Waals surface area contributed by atoms with Crippen LogP contribution in [0.3, 0.4) is 0 Å². The van der Waals surface area contributed by atoms with E-state index in [1.165, 1.54) is 0 Å². The lowest BCUT2D eigenvalue weighted by Gasteiger charge is -2.31. The molecule has 2 N–H and O–H groups in total. The van der Waals surface area contributed by atoms with Crippen LogP contribution in [0.25, 0.3) is 0 Å². The zero-order valence-electron chi connectivity index (χ0n) is 13.4. The van der Waals surface area contributed by atoms with Gasteiger partial charge in [0.05, 0.1) is 13.1 Å². The van der Waals surface area contributed by atoms with Crippen LogP contribution in [-0.4, -0.2) is 42.1 Å². The lowest BCUT2D eigenvalue weighted by molar-refractivity contribution is -0.127. The number of amides is 1. The molecule has 2 rings (SSSR count). The van der Waals surface area contributed by atoms with Gasteiger partial charge in [-0.2, -0.15) is 0 Å². The Balaban J connectivity index is 1.87. The van der Waals surface area contributed by atoms with Crippen molar-refractivity contribution in [1.82, 2.24) is 10.2 Å². The Morgan fingerprint density at radius 2 is 2.13 bits per heavy atom. The molecule has 1 aliphatic heterocycles. The molecule has 1 heterocycles. The highest BCUT2D eigenvalue weighted by atomic mass is 35.5. The molecule has 5 heteroatoms. The van der Waals surface area contributed by atoms with E-state index in [-0.39, 0.29) is 18.4 Å². The summed E-state index contributed by atoms with van der Waals surface area (Å²) in [5.74, 6) is 2.59. The number of carbonyl (C=O) groups excluding carboxylic acids is 1. The molecule has 124 valence electrons. The molecule has 0 aliphatic carbocycles. The third-order valence-electron chi connectivity index (χ3n) is 4.33. The molecule has 0 bridgehead atoms. The fourth-order valence-corrected chi connectivity index (χ4v) is 3.22. The van der Waals surface area contributed by atoms with Gasteiger partial charge in [-0.05, 0) is 38.9 Å². The molecule has 1 atom stereocenters. The summed E-state index contributed by atoms with van der Waals surface area (Å²) in [5, 5.41) is 13.9. The van der Waals surface area contributed by atoms with E-state index in [2.05, 4.69) is 16.1 Å². The van der Waals surface area contributed by atoms with Gasteiger partial charge >= 0.3 is 0 Å². The normalized spacial score (nSPS) is 18.9. The Bertz CT molecular complexity index is 587. The van der Waals surface area contributed by atoms with Crippen LogP contribution in [0, 0.1) is 18.3 Å². The second-order valence-corrected chi connectivity index (χ2v) is 6.63. The second kappa shape index (κ2) is 7.83. The van der Waals surface area contributed by atoms with Gasteiger partial charge in [-0.25, -0.2) is 0 Å². The van der Waals surface area contributed by atoms with Gasteiger partial charge in [-0.1, -0.05) is 35.7 Å². The van der Waals surface area contributed by atoms with E-state index in [0.717, 1.165) is 25.9 Å². The Hall–Kier alpha value is -1.54. The van der Waals surface area contributed by atoms with E-state index in [0.29, 0.717) is 17.1 Å². The number of nitrogens with one attached hydrogen (secondary N) is 1. The number of halogens is 1. The monoisotopic (exact) mass is 334 g/mol. The topological polar surface area (TPSA) is 52.6 Å². The minimum atomic E-state index is -1.20. The average molecular weight is 335 g/mol. The van der Waals surface area contributed by atoms with Crippen molar-refractivity contribution in [3.8, 4) is 12.3 Å². The molecule has 0 unspecified atom stereocenters. The van der Waals surface area contributed by atoms with E-state index in [1.807, 2.05) is 12.1 Å². The zero-order valence-corrected chi connectivity index (χ0v) is 14.1. The predicted octanol–water partition coefficient (Wildman–Crippen LogP) is 2.01. The molecule has 1 aromatic rings. The standard InChI is InChI=1S/C18H23ClN2O2/c1-3-10-21-11-8-14(9-12-21)17(22)20-13-18(2,23)15-6-4-5-7-16(15)19/h1,4-7,14,23H,8-13H2,2H3,(H,20,22)/t18-/m1/s1. The maximum absolute atomic E-state index is 12.3. The Morgan fingerprint density at radius 1 is 1.48 bits per heavy atom. The van der Waals surface area contributed by atoms with Crippen molar-refractivity contribution >= 4 is 17.5 Å². The van der Waals surface area contributed by atoms with Gasteiger partial charge in [0.25, 0.3) is 0 Å². The molecule has 0 spiro atoms. The second-order valence-electron chi connectivity index (χ2n) is 6.23. The van der Waals surface area contributed by atoms with Gasteiger partial charge in [0.1, 0.15) is 5.60 Å². The molecule has 1 saturated heterocycles. The number of rotatable bonds is 5. The third kappa shape index (κ3) is 4.71. The van der Waals surface area contributed by atoms with Gasteiger partial charge in [0.2, 0.25) is 5.91 Å². The van der Waals surface area contributed by atoms with Crippen molar-refractivity contribution in [1.29, 1.82) is 0 Å². The van der Waals surface area contributed by atoms with Gasteiger partial charge in [-0.15, -0.1) is 6.42 Å². The Kier molecular flexibility index (Phi) is 6.06. The quantitative estimate of drug-likeness (QED) is 0.810. The average Bonchev–Trinajstić information content (AvgIpc) is 2.54. The van der Waals surface area contributed by atoms with Crippen LogP contribution in [0.1, 0.15) is 25.3 Å². The zero-order chi connectivity index (χ0) is 16.9. The van der Waals surface area contributed by atoms with E-state index >= 15 is 0 Å². The molecular weight excluding hydrogens is 312 g/mol. The Labute approximate surface area is 142 Å². The highest BCUT2D eigenvalue weighted by Crippen LogP contribution is 2.27. The van der Waals surface area contributed by atoms with Crippen molar-refractivity contribution < 1.29 is 9.90 Å². The van der Waals surface area contributed by atoms with Gasteiger partial charge in [0.15, 0.2) is 0 Å². The minimum Gasteiger partial charge on any atom is -0.384 e. The van der Waals surface area contributed by atoms with Crippen LogP contribution in [0.15, 0.2) is 24.3 Å². The fourth-order valence-electron chi connectivity index (χ4n) is 2.88. The van der Waals surface area contributed by atoms with E-state index in [9.17, 15) is 9.90 Å². The first-order valence-corrected chi connectivity index (χ1v) is 8.23. The van der Waals surface area contributed by atoms with Crippen LogP contribution >= 0.6 is 11.6 Å². The summed E-state index contributed by atoms with van der Waals surface area (Å²) in [6.45, 7) is 4.10. The van der Waals surface area contributed by atoms with E-state index in [1.54, 1.807) is 19.1 Å². The summed E-state index contributed by atoms with van der Waals surface area (Å²) in [4.78, 5) is 14.5. The first-order chi connectivity index (χ1) is 10.9. The van der Waals surface area contributed by atoms with E-state index in [4.69, 9.17) is 18.0 Å². The predicted molar refractivity (Wildman–Crippen MR) is 92.0 cm³/mol. The summed E-state index contributed by atoms with van der Waals surface area (Å²) >= 11 is 6.12. The lowest BCUT2D eigenvalue weighted by atomic mass is 9.93. The largest absolute Gasteiger partial charge is 0.384 e. The maximum Gasteiger partial charge on any atom is 0.223 e. The van der Waals surface area contributed by atoms with Crippen LogP contribution in [0.5, 0.6) is 0 Å². The van der Waals surface area contributed by atoms with Crippen molar-refractivity contribution in [3.05, 3.63) is 34.9 Å². The molecule has 1 fully saturated rings. The molecule has 0 radical (unpaired) electrons. The molecule has 1 aliphatic rings. The number of carbonyl (C=O) groups is 1. The van der Waals surface area contributed by atoms with Gasteiger partial charge in [0, 0.05) is 16.5 Å². The molecule has 1 amide bonds. The van der Waals surface area contributed by atoms with Crippen molar-refractivity contribution in [2.24, 2.45) is 5.92 Å². The minimum absolute atomic E-state index is 0.0160. The smallest absolute Gasteiger partial charge is 0.223 e. The highest BCUT2D eigenvalue weighted by molar-refractivity contribution is 6.31. The van der Waals surface area contributed by atoms with Crippen molar-refractivity contribution in [2.75, 3.05) is 26.2 Å². The number of benzene rings is 1. The van der Waals surface area contributed by atoms with Gasteiger partial charge < -0.3 is 10.4 Å². The first kappa shape index (κ1) is 17.8. The van der Waals surface area contributed by atoms with Crippen LogP contribution in [0.2, 0.25) is 5.02 Å². The summed E-state index contributed by atoms with van der Waals surface area (Å²) in [7, 11) is 0. The first-order valence-electron chi connectivity index (χ1n) is 7.85. The summed E-state index contributed by atoms with van der Waals surface area (Å²) < 4.78 is 0. The van der Waals surface area contributed by atoms with E-state index < -0.39 is 5.60 Å². The van der Waals surface area contributed by atoms with Crippen molar-refractivity contribution in [3.63, 3.8) is 0 Å². The Morgan fingerprint density at radius 3 is 2.74 bits per heavy atom. The number of hydrogen-bond donors (Lipinski definition) is 2. The molecule has 4 nitrogen and oxygen atoms in total. The highest BCUT2D eigenvalue weighted by Gasteiger charge is 2.29. The summed E-state index contributed by atoms with van der Waals surface area (Å²) in [5.41, 5.74) is -0.580. The number of nitrogens with zero attached hydrogens (tertiary/aromatic N) is 1. The summed E-state index contributed by atoms with van der Waals surface area (Å²) in [6, 6.07) is 7.13. The molecule has 1 aromatic carbocycles. The summed E-state index contributed by atoms with van der Waals surface area (Å²) in [6.07, 6.45) is 6.89. The third-order valence-corrected chi connectivity index (χ3v) is 4.66. The molecule has 23 heavy (non-hydrogen) atoms. The van der Waals surface area contributed by atoms with Crippen molar-refractivity contribution in [2.45, 2.75) is 25.4 Å². The number of terminal acetylenes is 1. The maximum atomic E-state index is 12.3. The lowest BCUT2D eigenvalue weighted by Crippen LogP contribution is -2.44. The fraction of sp³-hybridized carbons (Fsp3) is 0.500. The molecule has 0 saturated carbocycles.